The largest absolute Gasteiger partial charge is 0.323 e. The lowest BCUT2D eigenvalue weighted by atomic mass is 9.40. The smallest absolute Gasteiger partial charge is 0.241 e. The summed E-state index contributed by atoms with van der Waals surface area (Å²) in [5, 5.41) is 6.60. The van der Waals surface area contributed by atoms with Gasteiger partial charge < -0.3 is 10.6 Å². The number of pyridine rings is 1. The summed E-state index contributed by atoms with van der Waals surface area (Å²) in [4.78, 5) is 16.9. The molecule has 2 N–H and O–H groups in total. The number of rotatable bonds is 3. The first-order chi connectivity index (χ1) is 10.7. The van der Waals surface area contributed by atoms with Crippen molar-refractivity contribution >= 4 is 11.6 Å². The highest BCUT2D eigenvalue weighted by Gasteiger charge is 2.61. The summed E-state index contributed by atoms with van der Waals surface area (Å²) in [5.41, 5.74) is 4.17. The molecule has 0 aromatic carbocycles. The van der Waals surface area contributed by atoms with Crippen molar-refractivity contribution in [1.29, 1.82) is 0 Å². The van der Waals surface area contributed by atoms with Gasteiger partial charge in [0.15, 0.2) is 0 Å². The van der Waals surface area contributed by atoms with Crippen LogP contribution in [0.15, 0.2) is 12.4 Å². The summed E-state index contributed by atoms with van der Waals surface area (Å²) in [7, 11) is 0. The highest BCUT2D eigenvalue weighted by Crippen LogP contribution is 2.69. The van der Waals surface area contributed by atoms with Crippen LogP contribution < -0.4 is 10.6 Å². The molecule has 3 saturated carbocycles. The lowest BCUT2D eigenvalue weighted by Gasteiger charge is -2.65. The van der Waals surface area contributed by atoms with E-state index in [4.69, 9.17) is 0 Å². The van der Waals surface area contributed by atoms with Gasteiger partial charge in [0.2, 0.25) is 5.91 Å². The molecular formula is C18H23N3O. The molecule has 116 valence electrons. The molecule has 1 aliphatic heterocycles. The minimum atomic E-state index is -0.0173. The van der Waals surface area contributed by atoms with Crippen LogP contribution in [0, 0.1) is 17.3 Å². The van der Waals surface area contributed by atoms with Crippen molar-refractivity contribution in [3.8, 4) is 0 Å². The van der Waals surface area contributed by atoms with Crippen molar-refractivity contribution in [3.05, 3.63) is 23.5 Å². The van der Waals surface area contributed by atoms with Gasteiger partial charge in [0.05, 0.1) is 17.9 Å². The van der Waals surface area contributed by atoms with Gasteiger partial charge in [0.25, 0.3) is 0 Å². The molecule has 2 atom stereocenters. The predicted octanol–water partition coefficient (Wildman–Crippen LogP) is 2.29. The fourth-order valence-electron chi connectivity index (χ4n) is 5.27. The number of aromatic nitrogens is 1. The highest BCUT2D eigenvalue weighted by molar-refractivity contribution is 5.95. The molecule has 4 nitrogen and oxygen atoms in total. The summed E-state index contributed by atoms with van der Waals surface area (Å²) in [6, 6.07) is -0.0173. The third-order valence-electron chi connectivity index (χ3n) is 6.68. The molecule has 2 bridgehead atoms. The zero-order chi connectivity index (χ0) is 14.7. The summed E-state index contributed by atoms with van der Waals surface area (Å²) < 4.78 is 0. The first kappa shape index (κ1) is 13.1. The number of anilines is 1. The number of fused-ring (bicyclic) bond motifs is 1. The molecule has 0 spiro atoms. The minimum absolute atomic E-state index is 0.0173. The average Bonchev–Trinajstić information content (AvgIpc) is 3.04. The monoisotopic (exact) mass is 297 g/mol. The molecule has 2 heterocycles. The van der Waals surface area contributed by atoms with Crippen LogP contribution in [0.2, 0.25) is 0 Å². The van der Waals surface area contributed by atoms with E-state index in [1.54, 1.807) is 0 Å². The van der Waals surface area contributed by atoms with Gasteiger partial charge in [-0.2, -0.15) is 0 Å². The Morgan fingerprint density at radius 2 is 2.14 bits per heavy atom. The van der Waals surface area contributed by atoms with E-state index >= 15 is 0 Å². The number of amides is 1. The number of hydrogen-bond acceptors (Lipinski definition) is 3. The third kappa shape index (κ3) is 1.79. The lowest BCUT2D eigenvalue weighted by molar-refractivity contribution is -0.146. The summed E-state index contributed by atoms with van der Waals surface area (Å²) in [6.45, 7) is 1.02. The van der Waals surface area contributed by atoms with Crippen LogP contribution in [0.3, 0.4) is 0 Å². The van der Waals surface area contributed by atoms with Crippen LogP contribution in [-0.2, 0) is 17.6 Å². The lowest BCUT2D eigenvalue weighted by Crippen LogP contribution is -2.56. The van der Waals surface area contributed by atoms with Crippen molar-refractivity contribution in [2.75, 3.05) is 11.9 Å². The van der Waals surface area contributed by atoms with Crippen molar-refractivity contribution in [2.24, 2.45) is 17.3 Å². The Balaban J connectivity index is 1.27. The fourth-order valence-corrected chi connectivity index (χ4v) is 5.27. The van der Waals surface area contributed by atoms with Gasteiger partial charge in [-0.1, -0.05) is 0 Å². The van der Waals surface area contributed by atoms with E-state index in [0.717, 1.165) is 37.4 Å². The number of hydrogen-bond donors (Lipinski definition) is 2. The van der Waals surface area contributed by atoms with E-state index in [9.17, 15) is 4.79 Å². The Morgan fingerprint density at radius 3 is 2.91 bits per heavy atom. The third-order valence-corrected chi connectivity index (χ3v) is 6.68. The van der Waals surface area contributed by atoms with Crippen molar-refractivity contribution in [3.63, 3.8) is 0 Å². The summed E-state index contributed by atoms with van der Waals surface area (Å²) in [6.07, 6.45) is 12.4. The standard InChI is InChI=1S/C18H23N3O/c22-17(21-16-10-19-8-12-2-1-3-14(12)16)15-4-13(9-20-15)18-5-11(6-18)7-18/h8,10-11,13,15,20H,1-7,9H2,(H,21,22)/t11?,13?,15-,18?/m0/s1. The Bertz CT molecular complexity index is 624. The van der Waals surface area contributed by atoms with E-state index in [1.165, 1.54) is 36.8 Å². The molecule has 4 fully saturated rings. The van der Waals surface area contributed by atoms with E-state index in [2.05, 4.69) is 15.6 Å². The van der Waals surface area contributed by atoms with E-state index in [1.807, 2.05) is 12.4 Å². The molecule has 1 aromatic rings. The molecule has 6 rings (SSSR count). The molecule has 1 amide bonds. The highest BCUT2D eigenvalue weighted by atomic mass is 16.2. The van der Waals surface area contributed by atoms with Gasteiger partial charge in [-0.3, -0.25) is 9.78 Å². The maximum Gasteiger partial charge on any atom is 0.241 e. The molecule has 4 heteroatoms. The normalized spacial score (nSPS) is 38.1. The van der Waals surface area contributed by atoms with E-state index in [-0.39, 0.29) is 11.9 Å². The Kier molecular flexibility index (Phi) is 2.70. The van der Waals surface area contributed by atoms with Crippen LogP contribution in [0.1, 0.15) is 43.2 Å². The van der Waals surface area contributed by atoms with Crippen LogP contribution in [-0.4, -0.2) is 23.5 Å². The number of aryl methyl sites for hydroxylation is 1. The second-order valence-corrected chi connectivity index (χ2v) is 7.90. The van der Waals surface area contributed by atoms with Crippen molar-refractivity contribution in [1.82, 2.24) is 10.3 Å². The Hall–Kier alpha value is -1.42. The summed E-state index contributed by atoms with van der Waals surface area (Å²) in [5.74, 6) is 1.87. The fraction of sp³-hybridized carbons (Fsp3) is 0.667. The molecule has 0 radical (unpaired) electrons. The van der Waals surface area contributed by atoms with Gasteiger partial charge in [0.1, 0.15) is 0 Å². The molecule has 1 unspecified atom stereocenters. The second kappa shape index (κ2) is 4.54. The topological polar surface area (TPSA) is 54.0 Å². The first-order valence-electron chi connectivity index (χ1n) is 8.73. The Morgan fingerprint density at radius 1 is 1.27 bits per heavy atom. The van der Waals surface area contributed by atoms with Gasteiger partial charge in [-0.25, -0.2) is 0 Å². The number of carbonyl (C=O) groups excluding carboxylic acids is 1. The Labute approximate surface area is 131 Å². The second-order valence-electron chi connectivity index (χ2n) is 7.90. The van der Waals surface area contributed by atoms with Crippen LogP contribution >= 0.6 is 0 Å². The first-order valence-corrected chi connectivity index (χ1v) is 8.73. The van der Waals surface area contributed by atoms with E-state index < -0.39 is 0 Å². The number of nitrogens with zero attached hydrogens (tertiary/aromatic N) is 1. The molecule has 22 heavy (non-hydrogen) atoms. The minimum Gasteiger partial charge on any atom is -0.323 e. The summed E-state index contributed by atoms with van der Waals surface area (Å²) >= 11 is 0. The number of nitrogens with one attached hydrogen (secondary N) is 2. The van der Waals surface area contributed by atoms with Crippen molar-refractivity contribution < 1.29 is 4.79 Å². The molecule has 1 saturated heterocycles. The zero-order valence-electron chi connectivity index (χ0n) is 12.9. The molecular weight excluding hydrogens is 274 g/mol. The van der Waals surface area contributed by atoms with Crippen LogP contribution in [0.4, 0.5) is 5.69 Å². The maximum absolute atomic E-state index is 12.6. The maximum atomic E-state index is 12.6. The SMILES string of the molecule is O=C(Nc1cncc2c1CCC2)[C@@H]1CC(C23CC(C2)C3)CN1. The van der Waals surface area contributed by atoms with Crippen molar-refractivity contribution in [2.45, 2.75) is 51.0 Å². The van der Waals surface area contributed by atoms with Gasteiger partial charge in [-0.15, -0.1) is 0 Å². The van der Waals surface area contributed by atoms with E-state index in [0.29, 0.717) is 11.3 Å². The van der Waals surface area contributed by atoms with Crippen LogP contribution in [0.5, 0.6) is 0 Å². The quantitative estimate of drug-likeness (QED) is 0.900. The van der Waals surface area contributed by atoms with Crippen LogP contribution in [0.25, 0.3) is 0 Å². The molecule has 1 aromatic heterocycles. The van der Waals surface area contributed by atoms with Gasteiger partial charge in [-0.05, 0) is 79.9 Å². The van der Waals surface area contributed by atoms with Gasteiger partial charge >= 0.3 is 0 Å². The zero-order valence-corrected chi connectivity index (χ0v) is 12.9. The number of carbonyl (C=O) groups is 1. The molecule has 4 aliphatic carbocycles. The van der Waals surface area contributed by atoms with Gasteiger partial charge in [0, 0.05) is 6.20 Å². The molecule has 5 aliphatic rings. The predicted molar refractivity (Wildman–Crippen MR) is 84.6 cm³/mol. The average molecular weight is 297 g/mol.